The van der Waals surface area contributed by atoms with Crippen molar-refractivity contribution in [1.29, 1.82) is 0 Å². The summed E-state index contributed by atoms with van der Waals surface area (Å²) in [6, 6.07) is 1.78. The van der Waals surface area contributed by atoms with E-state index < -0.39 is 16.4 Å². The van der Waals surface area contributed by atoms with Gasteiger partial charge in [-0.1, -0.05) is 0 Å². The van der Waals surface area contributed by atoms with E-state index in [0.29, 0.717) is 5.56 Å². The molecule has 1 aliphatic heterocycles. The number of rotatable bonds is 2. The predicted molar refractivity (Wildman–Crippen MR) is 54.7 cm³/mol. The lowest BCUT2D eigenvalue weighted by atomic mass is 10.0. The summed E-state index contributed by atoms with van der Waals surface area (Å²) in [6.07, 6.45) is 1.73. The molecule has 1 aromatic carbocycles. The Balaban J connectivity index is 2.44. The van der Waals surface area contributed by atoms with Crippen molar-refractivity contribution in [3.05, 3.63) is 33.6 Å². The van der Waals surface area contributed by atoms with Crippen molar-refractivity contribution in [3.63, 3.8) is 0 Å². The van der Waals surface area contributed by atoms with E-state index in [2.05, 4.69) is 5.32 Å². The largest absolute Gasteiger partial charge is 0.507 e. The highest BCUT2D eigenvalue weighted by Crippen LogP contribution is 2.34. The molecular weight excluding hydrogens is 215 g/mol. The molecule has 2 N–H and O–H groups in total. The molecule has 5 nitrogen and oxygen atoms in total. The molecule has 0 aliphatic carbocycles. The van der Waals surface area contributed by atoms with Crippen LogP contribution in [0.3, 0.4) is 0 Å². The number of benzene rings is 1. The van der Waals surface area contributed by atoms with Crippen LogP contribution in [-0.4, -0.2) is 16.6 Å². The number of halogens is 1. The van der Waals surface area contributed by atoms with Crippen LogP contribution in [0.5, 0.6) is 5.75 Å². The number of hydrogen-bond acceptors (Lipinski definition) is 4. The van der Waals surface area contributed by atoms with Crippen LogP contribution in [0, 0.1) is 15.9 Å². The van der Waals surface area contributed by atoms with E-state index in [4.69, 9.17) is 0 Å². The summed E-state index contributed by atoms with van der Waals surface area (Å²) in [4.78, 5) is 9.78. The molecule has 1 atom stereocenters. The predicted octanol–water partition coefficient (Wildman–Crippen LogP) is 1.86. The summed E-state index contributed by atoms with van der Waals surface area (Å²) in [5.74, 6) is -1.24. The molecule has 0 spiro atoms. The molecule has 1 heterocycles. The van der Waals surface area contributed by atoms with Gasteiger partial charge in [0, 0.05) is 23.7 Å². The molecule has 0 saturated carbocycles. The average molecular weight is 226 g/mol. The third-order valence-corrected chi connectivity index (χ3v) is 2.73. The molecule has 2 rings (SSSR count). The summed E-state index contributed by atoms with van der Waals surface area (Å²) in [7, 11) is 0. The van der Waals surface area contributed by atoms with Gasteiger partial charge in [0.05, 0.1) is 4.92 Å². The third-order valence-electron chi connectivity index (χ3n) is 2.73. The topological polar surface area (TPSA) is 75.4 Å². The van der Waals surface area contributed by atoms with Crippen LogP contribution in [0.15, 0.2) is 12.1 Å². The van der Waals surface area contributed by atoms with E-state index in [-0.39, 0.29) is 11.8 Å². The van der Waals surface area contributed by atoms with Gasteiger partial charge in [-0.2, -0.15) is 4.39 Å². The van der Waals surface area contributed by atoms with Crippen LogP contribution < -0.4 is 5.32 Å². The monoisotopic (exact) mass is 226 g/mol. The number of hydrogen-bond donors (Lipinski definition) is 2. The number of aromatic hydroxyl groups is 1. The minimum Gasteiger partial charge on any atom is -0.507 e. The zero-order valence-corrected chi connectivity index (χ0v) is 8.44. The normalized spacial score (nSPS) is 19.9. The molecule has 1 saturated heterocycles. The second kappa shape index (κ2) is 4.05. The fourth-order valence-corrected chi connectivity index (χ4v) is 1.94. The van der Waals surface area contributed by atoms with Crippen molar-refractivity contribution in [2.24, 2.45) is 0 Å². The average Bonchev–Trinajstić information content (AvgIpc) is 2.70. The van der Waals surface area contributed by atoms with Gasteiger partial charge in [0.25, 0.3) is 0 Å². The molecule has 86 valence electrons. The van der Waals surface area contributed by atoms with Gasteiger partial charge in [0.2, 0.25) is 5.82 Å². The number of nitro benzene ring substituents is 1. The lowest BCUT2D eigenvalue weighted by molar-refractivity contribution is -0.387. The van der Waals surface area contributed by atoms with Gasteiger partial charge >= 0.3 is 5.69 Å². The number of nitrogens with zero attached hydrogens (tertiary/aromatic N) is 1. The Morgan fingerprint density at radius 3 is 2.88 bits per heavy atom. The molecule has 1 aromatic rings. The SMILES string of the molecule is O=[N+]([O-])c1cc(C2CCCN2)c(O)cc1F. The number of nitrogens with one attached hydrogen (secondary N) is 1. The van der Waals surface area contributed by atoms with Gasteiger partial charge in [0.15, 0.2) is 0 Å². The highest BCUT2D eigenvalue weighted by Gasteiger charge is 2.24. The molecule has 16 heavy (non-hydrogen) atoms. The smallest absolute Gasteiger partial charge is 0.305 e. The van der Waals surface area contributed by atoms with Crippen molar-refractivity contribution in [2.75, 3.05) is 6.54 Å². The Morgan fingerprint density at radius 2 is 2.31 bits per heavy atom. The number of phenols is 1. The van der Waals surface area contributed by atoms with Crippen LogP contribution in [0.4, 0.5) is 10.1 Å². The maximum atomic E-state index is 13.1. The van der Waals surface area contributed by atoms with Crippen molar-refractivity contribution < 1.29 is 14.4 Å². The Kier molecular flexibility index (Phi) is 2.74. The van der Waals surface area contributed by atoms with E-state index in [1.165, 1.54) is 0 Å². The van der Waals surface area contributed by atoms with Crippen LogP contribution >= 0.6 is 0 Å². The minimum absolute atomic E-state index is 0.126. The first-order valence-corrected chi connectivity index (χ1v) is 5.00. The van der Waals surface area contributed by atoms with Crippen LogP contribution in [0.2, 0.25) is 0 Å². The third kappa shape index (κ3) is 1.83. The van der Waals surface area contributed by atoms with E-state index in [1.807, 2.05) is 0 Å². The summed E-state index contributed by atoms with van der Waals surface area (Å²) in [5.41, 5.74) is -0.202. The fourth-order valence-electron chi connectivity index (χ4n) is 1.94. The van der Waals surface area contributed by atoms with Crippen molar-refractivity contribution in [2.45, 2.75) is 18.9 Å². The van der Waals surface area contributed by atoms with E-state index in [1.54, 1.807) is 0 Å². The standard InChI is InChI=1S/C10H11FN2O3/c11-7-5-10(14)6(4-9(7)13(15)16)8-2-1-3-12-8/h4-5,8,12,14H,1-3H2. The quantitative estimate of drug-likeness (QED) is 0.596. The van der Waals surface area contributed by atoms with Gasteiger partial charge in [-0.25, -0.2) is 0 Å². The lowest BCUT2D eigenvalue weighted by Gasteiger charge is -2.12. The van der Waals surface area contributed by atoms with Gasteiger partial charge in [-0.15, -0.1) is 0 Å². The van der Waals surface area contributed by atoms with E-state index in [9.17, 15) is 19.6 Å². The molecular formula is C10H11FN2O3. The maximum absolute atomic E-state index is 13.1. The van der Waals surface area contributed by atoms with E-state index >= 15 is 0 Å². The molecule has 1 unspecified atom stereocenters. The first-order chi connectivity index (χ1) is 7.59. The highest BCUT2D eigenvalue weighted by atomic mass is 19.1. The van der Waals surface area contributed by atoms with Gasteiger partial charge < -0.3 is 10.4 Å². The van der Waals surface area contributed by atoms with Gasteiger partial charge in [-0.05, 0) is 19.4 Å². The van der Waals surface area contributed by atoms with Crippen LogP contribution in [-0.2, 0) is 0 Å². The highest BCUT2D eigenvalue weighted by molar-refractivity contribution is 5.46. The summed E-state index contributed by atoms with van der Waals surface area (Å²) >= 11 is 0. The Hall–Kier alpha value is -1.69. The molecule has 0 radical (unpaired) electrons. The maximum Gasteiger partial charge on any atom is 0.305 e. The minimum atomic E-state index is -1.01. The Morgan fingerprint density at radius 1 is 1.56 bits per heavy atom. The number of phenolic OH excluding ortho intramolecular Hbond substituents is 1. The molecule has 0 amide bonds. The molecule has 1 fully saturated rings. The van der Waals surface area contributed by atoms with Crippen molar-refractivity contribution in [1.82, 2.24) is 5.32 Å². The Labute approximate surface area is 91.0 Å². The van der Waals surface area contributed by atoms with Gasteiger partial charge in [0.1, 0.15) is 5.75 Å². The lowest BCUT2D eigenvalue weighted by Crippen LogP contribution is -2.13. The molecule has 0 aromatic heterocycles. The van der Waals surface area contributed by atoms with Gasteiger partial charge in [-0.3, -0.25) is 10.1 Å². The first kappa shape index (κ1) is 10.8. The summed E-state index contributed by atoms with van der Waals surface area (Å²) in [5, 5.41) is 23.2. The molecule has 6 heteroatoms. The summed E-state index contributed by atoms with van der Waals surface area (Å²) < 4.78 is 13.1. The fraction of sp³-hybridized carbons (Fsp3) is 0.400. The second-order valence-electron chi connectivity index (χ2n) is 3.77. The second-order valence-corrected chi connectivity index (χ2v) is 3.77. The summed E-state index contributed by atoms with van der Waals surface area (Å²) in [6.45, 7) is 0.801. The Bertz CT molecular complexity index is 430. The van der Waals surface area contributed by atoms with Crippen molar-refractivity contribution in [3.8, 4) is 5.75 Å². The zero-order chi connectivity index (χ0) is 11.7. The van der Waals surface area contributed by atoms with Crippen molar-refractivity contribution >= 4 is 5.69 Å². The van der Waals surface area contributed by atoms with E-state index in [0.717, 1.165) is 31.5 Å². The van der Waals surface area contributed by atoms with Crippen LogP contribution in [0.25, 0.3) is 0 Å². The zero-order valence-electron chi connectivity index (χ0n) is 8.44. The molecule has 0 bridgehead atoms. The van der Waals surface area contributed by atoms with Crippen LogP contribution in [0.1, 0.15) is 24.4 Å². The molecule has 1 aliphatic rings. The first-order valence-electron chi connectivity index (χ1n) is 5.00. The number of nitro groups is 1.